The Bertz CT molecular complexity index is 350. The van der Waals surface area contributed by atoms with Gasteiger partial charge in [0.2, 0.25) is 0 Å². The molecule has 0 spiro atoms. The average Bonchev–Trinajstić information content (AvgIpc) is 2.87. The topological polar surface area (TPSA) is 47.1 Å². The summed E-state index contributed by atoms with van der Waals surface area (Å²) in [7, 11) is 0. The summed E-state index contributed by atoms with van der Waals surface area (Å²) in [6, 6.07) is 2.94. The molecule has 1 aromatic heterocycles. The van der Waals surface area contributed by atoms with Gasteiger partial charge in [0.25, 0.3) is 0 Å². The van der Waals surface area contributed by atoms with E-state index in [9.17, 15) is 0 Å². The molecule has 3 atom stereocenters. The van der Waals surface area contributed by atoms with Crippen LogP contribution in [0.2, 0.25) is 0 Å². The van der Waals surface area contributed by atoms with E-state index in [0.717, 1.165) is 31.7 Å². The lowest BCUT2D eigenvalue weighted by atomic mass is 10.1. The molecule has 1 aliphatic heterocycles. The Kier molecular flexibility index (Phi) is 3.84. The molecule has 1 fully saturated rings. The summed E-state index contributed by atoms with van der Waals surface area (Å²) in [5.74, 6) is 0.603. The molecule has 2 N–H and O–H groups in total. The van der Waals surface area contributed by atoms with Crippen molar-refractivity contribution >= 4 is 0 Å². The second-order valence-corrected chi connectivity index (χ2v) is 5.38. The summed E-state index contributed by atoms with van der Waals surface area (Å²) in [6.45, 7) is 9.64. The summed E-state index contributed by atoms with van der Waals surface area (Å²) < 4.78 is 2.06. The van der Waals surface area contributed by atoms with Gasteiger partial charge in [-0.1, -0.05) is 13.8 Å². The molecule has 2 heterocycles. The van der Waals surface area contributed by atoms with Gasteiger partial charge < -0.3 is 5.73 Å². The van der Waals surface area contributed by atoms with Crippen LogP contribution in [0.15, 0.2) is 12.3 Å². The summed E-state index contributed by atoms with van der Waals surface area (Å²) in [6.07, 6.45) is 3.20. The maximum Gasteiger partial charge on any atom is 0.0764 e. The lowest BCUT2D eigenvalue weighted by molar-refractivity contribution is 0.312. The van der Waals surface area contributed by atoms with Gasteiger partial charge in [0.15, 0.2) is 0 Å². The third-order valence-corrected chi connectivity index (χ3v) is 3.84. The van der Waals surface area contributed by atoms with Gasteiger partial charge in [0.05, 0.1) is 5.69 Å². The number of nitrogens with zero attached hydrogens (tertiary/aromatic N) is 3. The van der Waals surface area contributed by atoms with Gasteiger partial charge in [0, 0.05) is 37.9 Å². The first kappa shape index (κ1) is 12.6. The van der Waals surface area contributed by atoms with Crippen molar-refractivity contribution in [3.63, 3.8) is 0 Å². The highest BCUT2D eigenvalue weighted by atomic mass is 15.3. The van der Waals surface area contributed by atoms with E-state index in [1.807, 2.05) is 0 Å². The minimum Gasteiger partial charge on any atom is -0.326 e. The van der Waals surface area contributed by atoms with Crippen molar-refractivity contribution in [2.45, 2.75) is 45.8 Å². The van der Waals surface area contributed by atoms with Crippen LogP contribution >= 0.6 is 0 Å². The third-order valence-electron chi connectivity index (χ3n) is 3.84. The van der Waals surface area contributed by atoms with E-state index >= 15 is 0 Å². The lowest BCUT2D eigenvalue weighted by Crippen LogP contribution is -2.28. The summed E-state index contributed by atoms with van der Waals surface area (Å²) in [4.78, 5) is 2.40. The van der Waals surface area contributed by atoms with E-state index < -0.39 is 0 Å². The fourth-order valence-electron chi connectivity index (χ4n) is 2.35. The van der Waals surface area contributed by atoms with Crippen molar-refractivity contribution in [1.82, 2.24) is 14.7 Å². The van der Waals surface area contributed by atoms with Crippen LogP contribution in [0, 0.1) is 5.92 Å². The van der Waals surface area contributed by atoms with Crippen LogP contribution in [-0.4, -0.2) is 33.8 Å². The SMILES string of the molecule is CCC(C)n1ccc(CN2CC(C)C(N)C2)n1. The second-order valence-electron chi connectivity index (χ2n) is 5.38. The van der Waals surface area contributed by atoms with Crippen molar-refractivity contribution in [2.75, 3.05) is 13.1 Å². The molecule has 0 aromatic carbocycles. The van der Waals surface area contributed by atoms with E-state index in [1.165, 1.54) is 0 Å². The Balaban J connectivity index is 1.93. The smallest absolute Gasteiger partial charge is 0.0764 e. The molecular weight excluding hydrogens is 212 g/mol. The second kappa shape index (κ2) is 5.19. The van der Waals surface area contributed by atoms with Crippen molar-refractivity contribution in [3.8, 4) is 0 Å². The first-order valence-electron chi connectivity index (χ1n) is 6.62. The van der Waals surface area contributed by atoms with E-state index in [0.29, 0.717) is 18.0 Å². The summed E-state index contributed by atoms with van der Waals surface area (Å²) in [5, 5.41) is 4.63. The molecule has 17 heavy (non-hydrogen) atoms. The molecular formula is C13H24N4. The zero-order chi connectivity index (χ0) is 12.4. The Labute approximate surface area is 104 Å². The molecule has 0 saturated carbocycles. The maximum absolute atomic E-state index is 6.03. The standard InChI is InChI=1S/C13H24N4/c1-4-11(3)17-6-5-12(15-17)8-16-7-10(2)13(14)9-16/h5-6,10-11,13H,4,7-9,14H2,1-3H3. The van der Waals surface area contributed by atoms with Crippen molar-refractivity contribution in [3.05, 3.63) is 18.0 Å². The monoisotopic (exact) mass is 236 g/mol. The summed E-state index contributed by atoms with van der Waals surface area (Å²) in [5.41, 5.74) is 7.19. The zero-order valence-electron chi connectivity index (χ0n) is 11.1. The first-order chi connectivity index (χ1) is 8.10. The number of nitrogens with two attached hydrogens (primary N) is 1. The van der Waals surface area contributed by atoms with Crippen LogP contribution < -0.4 is 5.73 Å². The summed E-state index contributed by atoms with van der Waals surface area (Å²) >= 11 is 0. The number of hydrogen-bond acceptors (Lipinski definition) is 3. The Morgan fingerprint density at radius 3 is 2.88 bits per heavy atom. The highest BCUT2D eigenvalue weighted by Crippen LogP contribution is 2.17. The Morgan fingerprint density at radius 2 is 2.29 bits per heavy atom. The number of aromatic nitrogens is 2. The number of hydrogen-bond donors (Lipinski definition) is 1. The van der Waals surface area contributed by atoms with Crippen LogP contribution in [-0.2, 0) is 6.54 Å². The molecule has 4 heteroatoms. The van der Waals surface area contributed by atoms with Crippen LogP contribution in [0.1, 0.15) is 38.9 Å². The maximum atomic E-state index is 6.03. The highest BCUT2D eigenvalue weighted by molar-refractivity contribution is 5.01. The Morgan fingerprint density at radius 1 is 1.53 bits per heavy atom. The number of rotatable bonds is 4. The molecule has 0 radical (unpaired) electrons. The van der Waals surface area contributed by atoms with Crippen LogP contribution in [0.4, 0.5) is 0 Å². The minimum atomic E-state index is 0.326. The van der Waals surface area contributed by atoms with Crippen molar-refractivity contribution in [1.29, 1.82) is 0 Å². The largest absolute Gasteiger partial charge is 0.326 e. The van der Waals surface area contributed by atoms with Crippen LogP contribution in [0.5, 0.6) is 0 Å². The Hall–Kier alpha value is -0.870. The lowest BCUT2D eigenvalue weighted by Gasteiger charge is -2.13. The zero-order valence-corrected chi connectivity index (χ0v) is 11.1. The molecule has 1 aromatic rings. The quantitative estimate of drug-likeness (QED) is 0.864. The van der Waals surface area contributed by atoms with Gasteiger partial charge in [-0.15, -0.1) is 0 Å². The molecule has 0 bridgehead atoms. The van der Waals surface area contributed by atoms with Gasteiger partial charge in [-0.3, -0.25) is 9.58 Å². The van der Waals surface area contributed by atoms with Gasteiger partial charge in [0.1, 0.15) is 0 Å². The highest BCUT2D eigenvalue weighted by Gasteiger charge is 2.26. The van der Waals surface area contributed by atoms with Crippen LogP contribution in [0.3, 0.4) is 0 Å². The predicted octanol–water partition coefficient (Wildman–Crippen LogP) is 1.63. The van der Waals surface area contributed by atoms with Gasteiger partial charge in [-0.05, 0) is 25.3 Å². The first-order valence-corrected chi connectivity index (χ1v) is 6.62. The molecule has 0 amide bonds. The van der Waals surface area contributed by atoms with Gasteiger partial charge in [-0.25, -0.2) is 0 Å². The van der Waals surface area contributed by atoms with E-state index in [-0.39, 0.29) is 0 Å². The van der Waals surface area contributed by atoms with E-state index in [4.69, 9.17) is 5.73 Å². The molecule has 3 unspecified atom stereocenters. The molecule has 0 aliphatic carbocycles. The molecule has 96 valence electrons. The fraction of sp³-hybridized carbons (Fsp3) is 0.769. The van der Waals surface area contributed by atoms with Crippen LogP contribution in [0.25, 0.3) is 0 Å². The molecule has 1 saturated heterocycles. The van der Waals surface area contributed by atoms with E-state index in [1.54, 1.807) is 0 Å². The molecule has 2 rings (SSSR count). The molecule has 4 nitrogen and oxygen atoms in total. The fourth-order valence-corrected chi connectivity index (χ4v) is 2.35. The number of likely N-dealkylation sites (tertiary alicyclic amines) is 1. The van der Waals surface area contributed by atoms with Gasteiger partial charge >= 0.3 is 0 Å². The van der Waals surface area contributed by atoms with Gasteiger partial charge in [-0.2, -0.15) is 5.10 Å². The van der Waals surface area contributed by atoms with E-state index in [2.05, 4.69) is 47.7 Å². The molecule has 1 aliphatic rings. The normalized spacial score (nSPS) is 27.5. The van der Waals surface area contributed by atoms with Crippen molar-refractivity contribution in [2.24, 2.45) is 11.7 Å². The predicted molar refractivity (Wildman–Crippen MR) is 69.6 cm³/mol. The third kappa shape index (κ3) is 2.87. The minimum absolute atomic E-state index is 0.326. The van der Waals surface area contributed by atoms with Crippen molar-refractivity contribution < 1.29 is 0 Å². The average molecular weight is 236 g/mol.